The van der Waals surface area contributed by atoms with Crippen LogP contribution in [-0.4, -0.2) is 54.4 Å². The number of benzene rings is 2. The number of ether oxygens (including phenoxy) is 2. The summed E-state index contributed by atoms with van der Waals surface area (Å²) in [5, 5.41) is 11.2. The molecule has 9 heteroatoms. The highest BCUT2D eigenvalue weighted by molar-refractivity contribution is 5.98. The van der Waals surface area contributed by atoms with Crippen LogP contribution in [0.15, 0.2) is 42.5 Å². The molecule has 1 unspecified atom stereocenters. The predicted octanol–water partition coefficient (Wildman–Crippen LogP) is 4.84. The van der Waals surface area contributed by atoms with Crippen LogP contribution in [0.2, 0.25) is 0 Å². The molecule has 2 heterocycles. The van der Waals surface area contributed by atoms with Gasteiger partial charge in [-0.2, -0.15) is 13.2 Å². The van der Waals surface area contributed by atoms with Crippen molar-refractivity contribution >= 4 is 11.6 Å². The quantitative estimate of drug-likeness (QED) is 0.466. The predicted molar refractivity (Wildman–Crippen MR) is 126 cm³/mol. The molecule has 2 aliphatic rings. The fourth-order valence-corrected chi connectivity index (χ4v) is 4.73. The molecule has 4 rings (SSSR count). The van der Waals surface area contributed by atoms with Crippen LogP contribution < -0.4 is 9.47 Å². The maximum Gasteiger partial charge on any atom is 0.416 e. The van der Waals surface area contributed by atoms with Gasteiger partial charge < -0.3 is 19.5 Å². The fraction of sp³-hybridized carbons (Fsp3) is 0.481. The van der Waals surface area contributed by atoms with Gasteiger partial charge in [0, 0.05) is 37.3 Å². The first kappa shape index (κ1) is 26.2. The summed E-state index contributed by atoms with van der Waals surface area (Å²) in [4.78, 5) is 27.5. The van der Waals surface area contributed by atoms with Crippen molar-refractivity contribution < 1.29 is 37.3 Å². The summed E-state index contributed by atoms with van der Waals surface area (Å²) in [6.45, 7) is 3.26. The summed E-state index contributed by atoms with van der Waals surface area (Å²) in [5.41, 5.74) is -0.0502. The lowest BCUT2D eigenvalue weighted by molar-refractivity contribution is -0.137. The van der Waals surface area contributed by atoms with Crippen molar-refractivity contribution in [3.8, 4) is 11.5 Å². The van der Waals surface area contributed by atoms with Crippen LogP contribution >= 0.6 is 0 Å². The zero-order valence-corrected chi connectivity index (χ0v) is 19.9. The number of carbonyl (C=O) groups excluding carboxylic acids is 2. The van der Waals surface area contributed by atoms with Crippen LogP contribution in [0.25, 0.3) is 0 Å². The number of alkyl halides is 3. The van der Waals surface area contributed by atoms with E-state index in [1.165, 1.54) is 0 Å². The number of aliphatic hydroxyl groups is 1. The van der Waals surface area contributed by atoms with Gasteiger partial charge >= 0.3 is 6.18 Å². The Balaban J connectivity index is 1.39. The number of carbonyl (C=O) groups is 2. The summed E-state index contributed by atoms with van der Waals surface area (Å²) in [7, 11) is 0. The molecule has 0 saturated carbocycles. The van der Waals surface area contributed by atoms with Crippen LogP contribution in [0.4, 0.5) is 13.2 Å². The summed E-state index contributed by atoms with van der Waals surface area (Å²) in [5.74, 6) is 0.244. The fourth-order valence-electron chi connectivity index (χ4n) is 4.73. The van der Waals surface area contributed by atoms with Gasteiger partial charge in [0.05, 0.1) is 11.7 Å². The maximum atomic E-state index is 12.8. The molecule has 1 saturated heterocycles. The van der Waals surface area contributed by atoms with E-state index in [1.54, 1.807) is 18.2 Å². The van der Waals surface area contributed by atoms with E-state index < -0.39 is 17.8 Å². The minimum absolute atomic E-state index is 0.0375. The number of rotatable bonds is 10. The Hall–Kier alpha value is -2.91. The summed E-state index contributed by atoms with van der Waals surface area (Å²) in [6.07, 6.45) is -3.28. The molecule has 36 heavy (non-hydrogen) atoms. The van der Waals surface area contributed by atoms with Crippen LogP contribution in [-0.2, 0) is 11.0 Å². The van der Waals surface area contributed by atoms with E-state index in [0.717, 1.165) is 50.2 Å². The summed E-state index contributed by atoms with van der Waals surface area (Å²) in [6, 6.07) is 9.28. The Kier molecular flexibility index (Phi) is 8.31. The molecule has 0 amide bonds. The average molecular weight is 506 g/mol. The molecule has 2 aliphatic heterocycles. The van der Waals surface area contributed by atoms with Crippen LogP contribution in [0.5, 0.6) is 11.5 Å². The second-order valence-corrected chi connectivity index (χ2v) is 9.36. The zero-order chi connectivity index (χ0) is 25.7. The van der Waals surface area contributed by atoms with Crippen LogP contribution in [0, 0.1) is 5.92 Å². The number of likely N-dealkylation sites (tertiary alicyclic amines) is 1. The normalized spacial score (nSPS) is 17.6. The summed E-state index contributed by atoms with van der Waals surface area (Å²) < 4.78 is 49.4. The Morgan fingerprint density at radius 2 is 1.61 bits per heavy atom. The third kappa shape index (κ3) is 6.64. The van der Waals surface area contributed by atoms with Crippen LogP contribution in [0.1, 0.15) is 59.7 Å². The van der Waals surface area contributed by atoms with Crippen molar-refractivity contribution in [3.05, 3.63) is 59.2 Å². The second kappa shape index (κ2) is 11.4. The average Bonchev–Trinajstić information content (AvgIpc) is 3.39. The molecule has 0 aliphatic carbocycles. The maximum absolute atomic E-state index is 12.8. The van der Waals surface area contributed by atoms with Gasteiger partial charge in [0.15, 0.2) is 17.3 Å². The number of ketones is 2. The monoisotopic (exact) mass is 505 g/mol. The highest BCUT2D eigenvalue weighted by Crippen LogP contribution is 2.36. The number of nitrogens with zero attached hydrogens (tertiary/aromatic N) is 1. The van der Waals surface area contributed by atoms with E-state index in [1.807, 2.05) is 0 Å². The molecule has 2 atom stereocenters. The first-order chi connectivity index (χ1) is 17.2. The van der Waals surface area contributed by atoms with Gasteiger partial charge in [-0.05, 0) is 55.8 Å². The first-order valence-electron chi connectivity index (χ1n) is 12.2. The lowest BCUT2D eigenvalue weighted by atomic mass is 9.89. The van der Waals surface area contributed by atoms with Gasteiger partial charge in [0.25, 0.3) is 0 Å². The standard InChI is InChI=1S/C27H30F3NO5/c28-27(29,30)21-6-3-18(4-7-21)23(33)9-8-22(32)15-20(17-31-11-1-2-12-31)26(34)19-5-10-24-25(16-19)36-14-13-35-24/h3-7,10,16,20,26,34H,1-2,8-9,11-15,17H2/t20-,26?/m1/s1. The molecule has 2 aromatic carbocycles. The zero-order valence-electron chi connectivity index (χ0n) is 19.9. The van der Waals surface area contributed by atoms with Gasteiger partial charge in [0.2, 0.25) is 0 Å². The van der Waals surface area contributed by atoms with E-state index in [9.17, 15) is 27.9 Å². The molecule has 2 aromatic rings. The minimum Gasteiger partial charge on any atom is -0.486 e. The molecular formula is C27H30F3NO5. The van der Waals surface area contributed by atoms with E-state index in [0.29, 0.717) is 36.8 Å². The third-order valence-electron chi connectivity index (χ3n) is 6.70. The molecule has 6 nitrogen and oxygen atoms in total. The number of Topliss-reactive ketones (excluding diaryl/α,β-unsaturated/α-hetero) is 2. The molecule has 1 N–H and O–H groups in total. The summed E-state index contributed by atoms with van der Waals surface area (Å²) >= 11 is 0. The van der Waals surface area contributed by atoms with Crippen molar-refractivity contribution in [2.24, 2.45) is 5.92 Å². The number of halogens is 3. The number of hydrogen-bond acceptors (Lipinski definition) is 6. The van der Waals surface area contributed by atoms with Crippen molar-refractivity contribution in [3.63, 3.8) is 0 Å². The Morgan fingerprint density at radius 1 is 0.944 bits per heavy atom. The molecule has 194 valence electrons. The largest absolute Gasteiger partial charge is 0.486 e. The molecule has 0 aromatic heterocycles. The van der Waals surface area contributed by atoms with Crippen molar-refractivity contribution in [2.75, 3.05) is 32.8 Å². The number of hydrogen-bond donors (Lipinski definition) is 1. The Morgan fingerprint density at radius 3 is 2.28 bits per heavy atom. The topological polar surface area (TPSA) is 76.1 Å². The van der Waals surface area contributed by atoms with Gasteiger partial charge in [-0.15, -0.1) is 0 Å². The molecule has 0 radical (unpaired) electrons. The smallest absolute Gasteiger partial charge is 0.416 e. The highest BCUT2D eigenvalue weighted by Gasteiger charge is 2.31. The van der Waals surface area contributed by atoms with Crippen molar-refractivity contribution in [1.29, 1.82) is 0 Å². The van der Waals surface area contributed by atoms with Gasteiger partial charge in [-0.3, -0.25) is 9.59 Å². The first-order valence-corrected chi connectivity index (χ1v) is 12.2. The molecule has 1 fully saturated rings. The van der Waals surface area contributed by atoms with E-state index in [2.05, 4.69) is 4.90 Å². The van der Waals surface area contributed by atoms with E-state index in [4.69, 9.17) is 9.47 Å². The van der Waals surface area contributed by atoms with E-state index in [-0.39, 0.29) is 42.3 Å². The van der Waals surface area contributed by atoms with Crippen molar-refractivity contribution in [2.45, 2.75) is 44.4 Å². The second-order valence-electron chi connectivity index (χ2n) is 9.36. The lowest BCUT2D eigenvalue weighted by Gasteiger charge is -2.28. The van der Waals surface area contributed by atoms with Gasteiger partial charge in [-0.1, -0.05) is 18.2 Å². The minimum atomic E-state index is -4.47. The number of aliphatic hydroxyl groups excluding tert-OH is 1. The highest BCUT2D eigenvalue weighted by atomic mass is 19.4. The van der Waals surface area contributed by atoms with Gasteiger partial charge in [0.1, 0.15) is 19.0 Å². The number of fused-ring (bicyclic) bond motifs is 1. The van der Waals surface area contributed by atoms with E-state index >= 15 is 0 Å². The van der Waals surface area contributed by atoms with Gasteiger partial charge in [-0.25, -0.2) is 0 Å². The molecule has 0 bridgehead atoms. The lowest BCUT2D eigenvalue weighted by Crippen LogP contribution is -2.32. The van der Waals surface area contributed by atoms with Crippen LogP contribution in [0.3, 0.4) is 0 Å². The third-order valence-corrected chi connectivity index (χ3v) is 6.70. The Bertz CT molecular complexity index is 1060. The SMILES string of the molecule is O=C(CCC(=O)c1ccc(C(F)(F)F)cc1)C[C@H](CN1CCCC1)C(O)c1ccc2c(c1)OCCO2. The Labute approximate surface area is 208 Å². The molecular weight excluding hydrogens is 475 g/mol. The van der Waals surface area contributed by atoms with Crippen molar-refractivity contribution in [1.82, 2.24) is 4.90 Å². The molecule has 0 spiro atoms.